The molecular weight excluding hydrogens is 395 g/mol. The highest BCUT2D eigenvalue weighted by atomic mass is 35.5. The van der Waals surface area contributed by atoms with Gasteiger partial charge in [0.05, 0.1) is 4.90 Å². The van der Waals surface area contributed by atoms with Crippen molar-refractivity contribution in [3.8, 4) is 0 Å². The molecule has 0 spiro atoms. The number of halogens is 4. The summed E-state index contributed by atoms with van der Waals surface area (Å²) in [6.45, 7) is -0.968. The van der Waals surface area contributed by atoms with Crippen LogP contribution in [0.15, 0.2) is 29.2 Å². The zero-order chi connectivity index (χ0) is 18.7. The molecule has 1 fully saturated rings. The van der Waals surface area contributed by atoms with E-state index in [9.17, 15) is 26.4 Å². The van der Waals surface area contributed by atoms with Gasteiger partial charge in [0.1, 0.15) is 6.54 Å². The van der Waals surface area contributed by atoms with E-state index >= 15 is 0 Å². The van der Waals surface area contributed by atoms with Gasteiger partial charge in [0.15, 0.2) is 0 Å². The second-order valence-electron chi connectivity index (χ2n) is 5.83. The standard InChI is InChI=1S/C15H20F3N3O3S.ClH/c16-15(17,18)10-20-14(22)11-4-3-6-13(8-11)25(23,24)21-7-2-1-5-12(21)9-19;/h3-4,6,8,12H,1-2,5,7,9-10,19H2,(H,20,22);1H. The fourth-order valence-corrected chi connectivity index (χ4v) is 4.49. The molecule has 1 aliphatic rings. The van der Waals surface area contributed by atoms with Gasteiger partial charge in [-0.3, -0.25) is 4.79 Å². The van der Waals surface area contributed by atoms with Crippen LogP contribution in [0, 0.1) is 0 Å². The first-order chi connectivity index (χ1) is 11.6. The fourth-order valence-electron chi connectivity index (χ4n) is 2.74. The van der Waals surface area contributed by atoms with E-state index in [4.69, 9.17) is 5.73 Å². The van der Waals surface area contributed by atoms with Gasteiger partial charge in [-0.25, -0.2) is 8.42 Å². The SMILES string of the molecule is Cl.NCC1CCCCN1S(=O)(=O)c1cccc(C(=O)NCC(F)(F)F)c1. The van der Waals surface area contributed by atoms with Gasteiger partial charge in [0, 0.05) is 24.7 Å². The zero-order valence-corrected chi connectivity index (χ0v) is 15.5. The van der Waals surface area contributed by atoms with E-state index in [1.165, 1.54) is 22.5 Å². The van der Waals surface area contributed by atoms with E-state index in [2.05, 4.69) is 0 Å². The molecule has 26 heavy (non-hydrogen) atoms. The number of carbonyl (C=O) groups is 1. The predicted molar refractivity (Wildman–Crippen MR) is 92.7 cm³/mol. The maximum absolute atomic E-state index is 12.8. The number of nitrogens with two attached hydrogens (primary N) is 1. The zero-order valence-electron chi connectivity index (χ0n) is 13.8. The van der Waals surface area contributed by atoms with Gasteiger partial charge in [-0.2, -0.15) is 17.5 Å². The number of carbonyl (C=O) groups excluding carboxylic acids is 1. The molecule has 0 aliphatic carbocycles. The summed E-state index contributed by atoms with van der Waals surface area (Å²) in [5.74, 6) is -0.983. The lowest BCUT2D eigenvalue weighted by Crippen LogP contribution is -2.47. The first kappa shape index (κ1) is 22.7. The molecular formula is C15H21ClF3N3O3S. The van der Waals surface area contributed by atoms with Gasteiger partial charge in [-0.1, -0.05) is 12.5 Å². The molecule has 0 bridgehead atoms. The number of hydrogen-bond acceptors (Lipinski definition) is 4. The Kier molecular flexibility index (Phi) is 7.87. The van der Waals surface area contributed by atoms with Crippen LogP contribution in [-0.4, -0.2) is 50.5 Å². The molecule has 1 aromatic carbocycles. The third kappa shape index (κ3) is 5.57. The van der Waals surface area contributed by atoms with Crippen molar-refractivity contribution >= 4 is 28.3 Å². The van der Waals surface area contributed by atoms with Crippen molar-refractivity contribution in [1.82, 2.24) is 9.62 Å². The summed E-state index contributed by atoms with van der Waals surface area (Å²) in [6.07, 6.45) is -2.29. The minimum atomic E-state index is -4.54. The summed E-state index contributed by atoms with van der Waals surface area (Å²) in [7, 11) is -3.87. The van der Waals surface area contributed by atoms with Gasteiger partial charge < -0.3 is 11.1 Å². The molecule has 0 aromatic heterocycles. The molecule has 6 nitrogen and oxygen atoms in total. The Hall–Kier alpha value is -1.36. The number of sulfonamides is 1. The molecule has 11 heteroatoms. The highest BCUT2D eigenvalue weighted by molar-refractivity contribution is 7.89. The highest BCUT2D eigenvalue weighted by Gasteiger charge is 2.33. The van der Waals surface area contributed by atoms with Crippen molar-refractivity contribution in [2.45, 2.75) is 36.4 Å². The molecule has 2 rings (SSSR count). The number of piperidine rings is 1. The topological polar surface area (TPSA) is 92.5 Å². The number of nitrogens with zero attached hydrogens (tertiary/aromatic N) is 1. The van der Waals surface area contributed by atoms with Crippen LogP contribution in [0.4, 0.5) is 13.2 Å². The number of rotatable bonds is 5. The lowest BCUT2D eigenvalue weighted by atomic mass is 10.1. The van der Waals surface area contributed by atoms with E-state index in [0.29, 0.717) is 19.4 Å². The van der Waals surface area contributed by atoms with Gasteiger partial charge >= 0.3 is 6.18 Å². The second-order valence-corrected chi connectivity index (χ2v) is 7.72. The second kappa shape index (κ2) is 9.03. The van der Waals surface area contributed by atoms with Crippen molar-refractivity contribution in [1.29, 1.82) is 0 Å². The first-order valence-corrected chi connectivity index (χ1v) is 9.26. The van der Waals surface area contributed by atoms with E-state index in [1.54, 1.807) is 5.32 Å². The van der Waals surface area contributed by atoms with Crippen molar-refractivity contribution in [2.75, 3.05) is 19.6 Å². The predicted octanol–water partition coefficient (Wildman–Crippen LogP) is 1.90. The smallest absolute Gasteiger partial charge is 0.343 e. The quantitative estimate of drug-likeness (QED) is 0.768. The number of hydrogen-bond donors (Lipinski definition) is 2. The summed E-state index contributed by atoms with van der Waals surface area (Å²) in [4.78, 5) is 11.7. The Morgan fingerprint density at radius 2 is 2.00 bits per heavy atom. The van der Waals surface area contributed by atoms with Gasteiger partial charge in [-0.15, -0.1) is 12.4 Å². The normalized spacial score (nSPS) is 18.8. The highest BCUT2D eigenvalue weighted by Crippen LogP contribution is 2.25. The van der Waals surface area contributed by atoms with Crippen molar-refractivity contribution < 1.29 is 26.4 Å². The van der Waals surface area contributed by atoms with E-state index in [0.717, 1.165) is 12.5 Å². The van der Waals surface area contributed by atoms with Crippen LogP contribution in [0.2, 0.25) is 0 Å². The van der Waals surface area contributed by atoms with E-state index in [-0.39, 0.29) is 35.5 Å². The van der Waals surface area contributed by atoms with Crippen molar-refractivity contribution in [3.05, 3.63) is 29.8 Å². The molecule has 3 N–H and O–H groups in total. The van der Waals surface area contributed by atoms with Crippen LogP contribution >= 0.6 is 12.4 Å². The van der Waals surface area contributed by atoms with Crippen LogP contribution < -0.4 is 11.1 Å². The minimum Gasteiger partial charge on any atom is -0.343 e. The number of amides is 1. The number of nitrogens with one attached hydrogen (secondary N) is 1. The van der Waals surface area contributed by atoms with Gasteiger partial charge in [0.25, 0.3) is 5.91 Å². The number of alkyl halides is 3. The summed E-state index contributed by atoms with van der Waals surface area (Å²) in [6, 6.07) is 4.68. The Bertz CT molecular complexity index is 728. The molecule has 1 saturated heterocycles. The number of benzene rings is 1. The Morgan fingerprint density at radius 3 is 2.62 bits per heavy atom. The molecule has 1 aliphatic heterocycles. The van der Waals surface area contributed by atoms with Crippen molar-refractivity contribution in [3.63, 3.8) is 0 Å². The average molecular weight is 416 g/mol. The van der Waals surface area contributed by atoms with Gasteiger partial charge in [0.2, 0.25) is 10.0 Å². The molecule has 1 amide bonds. The molecule has 0 saturated carbocycles. The molecule has 148 valence electrons. The van der Waals surface area contributed by atoms with E-state index < -0.39 is 28.7 Å². The molecule has 1 aromatic rings. The largest absolute Gasteiger partial charge is 0.405 e. The lowest BCUT2D eigenvalue weighted by molar-refractivity contribution is -0.123. The van der Waals surface area contributed by atoms with Crippen LogP contribution in [0.3, 0.4) is 0 Å². The van der Waals surface area contributed by atoms with Crippen LogP contribution in [-0.2, 0) is 10.0 Å². The monoisotopic (exact) mass is 415 g/mol. The average Bonchev–Trinajstić information content (AvgIpc) is 2.59. The summed E-state index contributed by atoms with van der Waals surface area (Å²) in [5.41, 5.74) is 5.50. The minimum absolute atomic E-state index is 0. The van der Waals surface area contributed by atoms with Crippen LogP contribution in [0.25, 0.3) is 0 Å². The fraction of sp³-hybridized carbons (Fsp3) is 0.533. The Labute approximate surface area is 156 Å². The third-order valence-corrected chi connectivity index (χ3v) is 5.95. The lowest BCUT2D eigenvalue weighted by Gasteiger charge is -2.33. The molecule has 1 heterocycles. The van der Waals surface area contributed by atoms with Crippen LogP contribution in [0.5, 0.6) is 0 Å². The summed E-state index contributed by atoms with van der Waals surface area (Å²) in [5, 5.41) is 1.72. The maximum atomic E-state index is 12.8. The van der Waals surface area contributed by atoms with Crippen LogP contribution in [0.1, 0.15) is 29.6 Å². The Morgan fingerprint density at radius 1 is 1.31 bits per heavy atom. The maximum Gasteiger partial charge on any atom is 0.405 e. The molecule has 1 atom stereocenters. The van der Waals surface area contributed by atoms with Gasteiger partial charge in [-0.05, 0) is 31.0 Å². The summed E-state index contributed by atoms with van der Waals surface area (Å²) >= 11 is 0. The molecule has 1 unspecified atom stereocenters. The molecule has 0 radical (unpaired) electrons. The third-order valence-electron chi connectivity index (χ3n) is 4.00. The van der Waals surface area contributed by atoms with E-state index in [1.807, 2.05) is 0 Å². The summed E-state index contributed by atoms with van der Waals surface area (Å²) < 4.78 is 63.5. The Balaban J connectivity index is 0.00000338. The van der Waals surface area contributed by atoms with Crippen molar-refractivity contribution in [2.24, 2.45) is 5.73 Å². The first-order valence-electron chi connectivity index (χ1n) is 7.82.